The normalized spacial score (nSPS) is 11.4. The lowest BCUT2D eigenvalue weighted by molar-refractivity contribution is 1.19. The van der Waals surface area contributed by atoms with Gasteiger partial charge in [-0.3, -0.25) is 0 Å². The Morgan fingerprint density at radius 2 is 0.879 bits per heavy atom. The maximum Gasteiger partial charge on any atom is 0.0619 e. The second-order valence-electron chi connectivity index (χ2n) is 14.9. The minimum absolute atomic E-state index is 1.10. The van der Waals surface area contributed by atoms with Gasteiger partial charge in [0.2, 0.25) is 0 Å². The molecule has 0 radical (unpaired) electrons. The van der Waals surface area contributed by atoms with Gasteiger partial charge in [-0.15, -0.1) is 0 Å². The Balaban J connectivity index is 1.07. The Kier molecular flexibility index (Phi) is 8.19. The molecule has 0 unspecified atom stereocenters. The summed E-state index contributed by atoms with van der Waals surface area (Å²) in [6, 6.07) is 83.6. The first-order valence-corrected chi connectivity index (χ1v) is 19.9. The number of nitrogens with zero attached hydrogens (tertiary/aromatic N) is 2. The second-order valence-corrected chi connectivity index (χ2v) is 14.9. The van der Waals surface area contributed by atoms with Gasteiger partial charge in [-0.1, -0.05) is 182 Å². The molecule has 0 amide bonds. The minimum atomic E-state index is 1.10. The second kappa shape index (κ2) is 14.1. The molecule has 0 aliphatic carbocycles. The highest BCUT2D eigenvalue weighted by atomic mass is 15.1. The summed E-state index contributed by atoms with van der Waals surface area (Å²) in [5.41, 5.74) is 14.1. The van der Waals surface area contributed by atoms with Crippen LogP contribution in [0.15, 0.2) is 231 Å². The molecule has 2 nitrogen and oxygen atoms in total. The fourth-order valence-electron chi connectivity index (χ4n) is 8.85. The van der Waals surface area contributed by atoms with Crippen molar-refractivity contribution in [3.63, 3.8) is 0 Å². The van der Waals surface area contributed by atoms with Crippen molar-refractivity contribution in [3.8, 4) is 39.1 Å². The maximum absolute atomic E-state index is 2.44. The third kappa shape index (κ3) is 5.74. The first-order chi connectivity index (χ1) is 28.8. The van der Waals surface area contributed by atoms with Crippen molar-refractivity contribution in [1.82, 2.24) is 4.57 Å². The van der Waals surface area contributed by atoms with Crippen LogP contribution in [0, 0.1) is 0 Å². The van der Waals surface area contributed by atoms with E-state index < -0.39 is 0 Å². The fraction of sp³-hybridized carbons (Fsp3) is 0. The Morgan fingerprint density at radius 1 is 0.328 bits per heavy atom. The van der Waals surface area contributed by atoms with Gasteiger partial charge in [0.1, 0.15) is 0 Å². The van der Waals surface area contributed by atoms with Crippen molar-refractivity contribution in [2.75, 3.05) is 4.90 Å². The lowest BCUT2D eigenvalue weighted by Crippen LogP contribution is -2.10. The molecule has 0 saturated carbocycles. The van der Waals surface area contributed by atoms with Crippen molar-refractivity contribution in [2.24, 2.45) is 0 Å². The molecule has 11 aromatic rings. The molecule has 1 aromatic heterocycles. The zero-order chi connectivity index (χ0) is 38.4. The van der Waals surface area contributed by atoms with Crippen LogP contribution < -0.4 is 4.90 Å². The Bertz CT molecular complexity index is 3250. The van der Waals surface area contributed by atoms with Gasteiger partial charge in [0, 0.05) is 38.6 Å². The Hall–Kier alpha value is -7.68. The highest BCUT2D eigenvalue weighted by molar-refractivity contribution is 6.22. The molecule has 1 heterocycles. The third-order valence-electron chi connectivity index (χ3n) is 11.6. The third-order valence-corrected chi connectivity index (χ3v) is 11.6. The first-order valence-electron chi connectivity index (χ1n) is 19.9. The molecule has 0 aliphatic heterocycles. The van der Waals surface area contributed by atoms with E-state index in [1.54, 1.807) is 0 Å². The summed E-state index contributed by atoms with van der Waals surface area (Å²) in [7, 11) is 0. The molecule has 0 aliphatic rings. The molecule has 0 N–H and O–H groups in total. The molecular weight excluding hydrogens is 701 g/mol. The van der Waals surface area contributed by atoms with Gasteiger partial charge in [0.15, 0.2) is 0 Å². The zero-order valence-electron chi connectivity index (χ0n) is 31.8. The van der Waals surface area contributed by atoms with E-state index in [0.29, 0.717) is 0 Å². The number of aromatic nitrogens is 1. The van der Waals surface area contributed by atoms with Crippen LogP contribution >= 0.6 is 0 Å². The average Bonchev–Trinajstić information content (AvgIpc) is 3.65. The number of hydrogen-bond acceptors (Lipinski definition) is 1. The Labute approximate surface area is 338 Å². The molecule has 0 bridgehead atoms. The Morgan fingerprint density at radius 3 is 1.62 bits per heavy atom. The number of fused-ring (bicyclic) bond motifs is 6. The lowest BCUT2D eigenvalue weighted by atomic mass is 9.97. The molecular formula is C56H38N2. The van der Waals surface area contributed by atoms with Crippen LogP contribution in [0.5, 0.6) is 0 Å². The molecule has 58 heavy (non-hydrogen) atoms. The van der Waals surface area contributed by atoms with E-state index in [4.69, 9.17) is 0 Å². The van der Waals surface area contributed by atoms with E-state index in [2.05, 4.69) is 240 Å². The number of rotatable bonds is 7. The monoisotopic (exact) mass is 738 g/mol. The van der Waals surface area contributed by atoms with Crippen LogP contribution in [0.4, 0.5) is 17.1 Å². The van der Waals surface area contributed by atoms with E-state index in [9.17, 15) is 0 Å². The van der Waals surface area contributed by atoms with E-state index in [1.165, 1.54) is 76.7 Å². The van der Waals surface area contributed by atoms with Gasteiger partial charge in [-0.25, -0.2) is 0 Å². The van der Waals surface area contributed by atoms with Gasteiger partial charge >= 0.3 is 0 Å². The highest BCUT2D eigenvalue weighted by Gasteiger charge is 2.20. The average molecular weight is 739 g/mol. The lowest BCUT2D eigenvalue weighted by Gasteiger charge is -2.27. The summed E-state index contributed by atoms with van der Waals surface area (Å²) in [6.07, 6.45) is 0. The van der Waals surface area contributed by atoms with E-state index >= 15 is 0 Å². The largest absolute Gasteiger partial charge is 0.310 e. The fourth-order valence-corrected chi connectivity index (χ4v) is 8.85. The van der Waals surface area contributed by atoms with Crippen molar-refractivity contribution >= 4 is 60.4 Å². The van der Waals surface area contributed by atoms with Crippen molar-refractivity contribution in [1.29, 1.82) is 0 Å². The number of anilines is 3. The predicted octanol–water partition coefficient (Wildman–Crippen LogP) is 15.6. The topological polar surface area (TPSA) is 8.17 Å². The summed E-state index contributed by atoms with van der Waals surface area (Å²) >= 11 is 0. The van der Waals surface area contributed by atoms with Crippen LogP contribution in [-0.4, -0.2) is 4.57 Å². The quantitative estimate of drug-likeness (QED) is 0.158. The van der Waals surface area contributed by atoms with E-state index in [0.717, 1.165) is 22.7 Å². The molecule has 0 spiro atoms. The minimum Gasteiger partial charge on any atom is -0.310 e. The standard InChI is InChI=1S/C56H38N2/c1-3-14-39(15-4-1)40-28-30-41(31-29-40)42-32-35-47(36-33-42)57(53-26-12-18-43-16-7-9-23-49(43)53)48-22-11-19-45(38-48)50-25-13-27-54-55(50)52-37-34-44-17-8-10-24-51(44)56(52)58(54)46-20-5-2-6-21-46/h1-38H. The van der Waals surface area contributed by atoms with Gasteiger partial charge in [-0.05, 0) is 92.7 Å². The molecule has 0 atom stereocenters. The summed E-state index contributed by atoms with van der Waals surface area (Å²) in [5, 5.41) is 7.40. The summed E-state index contributed by atoms with van der Waals surface area (Å²) in [4.78, 5) is 2.41. The van der Waals surface area contributed by atoms with Crippen LogP contribution in [0.3, 0.4) is 0 Å². The van der Waals surface area contributed by atoms with Crippen LogP contribution in [0.2, 0.25) is 0 Å². The number of hydrogen-bond donors (Lipinski definition) is 0. The van der Waals surface area contributed by atoms with Gasteiger partial charge in [0.05, 0.1) is 16.7 Å². The summed E-state index contributed by atoms with van der Waals surface area (Å²) < 4.78 is 2.44. The van der Waals surface area contributed by atoms with Gasteiger partial charge < -0.3 is 9.47 Å². The summed E-state index contributed by atoms with van der Waals surface area (Å²) in [5.74, 6) is 0. The zero-order valence-corrected chi connectivity index (χ0v) is 31.8. The highest BCUT2D eigenvalue weighted by Crippen LogP contribution is 2.44. The molecule has 272 valence electrons. The molecule has 2 heteroatoms. The van der Waals surface area contributed by atoms with E-state index in [-0.39, 0.29) is 0 Å². The van der Waals surface area contributed by atoms with Crippen LogP contribution in [-0.2, 0) is 0 Å². The van der Waals surface area contributed by atoms with Crippen LogP contribution in [0.1, 0.15) is 0 Å². The smallest absolute Gasteiger partial charge is 0.0619 e. The molecule has 0 fully saturated rings. The van der Waals surface area contributed by atoms with Gasteiger partial charge in [0.25, 0.3) is 0 Å². The maximum atomic E-state index is 2.44. The van der Waals surface area contributed by atoms with Crippen LogP contribution in [0.25, 0.3) is 82.4 Å². The first kappa shape index (κ1) is 33.6. The number of para-hydroxylation sites is 1. The van der Waals surface area contributed by atoms with Crippen molar-refractivity contribution in [2.45, 2.75) is 0 Å². The molecule has 11 rings (SSSR count). The predicted molar refractivity (Wildman–Crippen MR) is 247 cm³/mol. The number of benzene rings is 10. The van der Waals surface area contributed by atoms with Crippen molar-refractivity contribution in [3.05, 3.63) is 231 Å². The van der Waals surface area contributed by atoms with Crippen molar-refractivity contribution < 1.29 is 0 Å². The van der Waals surface area contributed by atoms with E-state index in [1.807, 2.05) is 0 Å². The van der Waals surface area contributed by atoms with Gasteiger partial charge in [-0.2, -0.15) is 0 Å². The molecule has 10 aromatic carbocycles. The SMILES string of the molecule is c1ccc(-c2ccc(-c3ccc(N(c4cccc(-c5cccc6c5c5ccc7ccccc7c5n6-c5ccccc5)c4)c4cccc5ccccc45)cc3)cc2)cc1. The molecule has 0 saturated heterocycles. The summed E-state index contributed by atoms with van der Waals surface area (Å²) in [6.45, 7) is 0.